The Kier molecular flexibility index (Phi) is 13.5. The van der Waals surface area contributed by atoms with Gasteiger partial charge in [-0.25, -0.2) is 0 Å². The highest BCUT2D eigenvalue weighted by Crippen LogP contribution is 2.48. The number of allylic oxidation sites excluding steroid dienone is 8. The predicted octanol–water partition coefficient (Wildman–Crippen LogP) is 7.47. The van der Waals surface area contributed by atoms with Gasteiger partial charge in [-0.1, -0.05) is 84.3 Å². The summed E-state index contributed by atoms with van der Waals surface area (Å²) in [5.41, 5.74) is 0. The largest absolute Gasteiger partial charge is 0.472 e. The Labute approximate surface area is 247 Å². The maximum absolute atomic E-state index is 5.67. The van der Waals surface area contributed by atoms with Crippen LogP contribution in [0.2, 0.25) is 0 Å². The molecule has 4 aliphatic rings. The molecule has 3 fully saturated rings. The molecule has 6 atom stereocenters. The van der Waals surface area contributed by atoms with Crippen molar-refractivity contribution in [3.63, 3.8) is 0 Å². The van der Waals surface area contributed by atoms with Crippen molar-refractivity contribution in [3.05, 3.63) is 60.8 Å². The lowest BCUT2D eigenvalue weighted by Gasteiger charge is -2.15. The van der Waals surface area contributed by atoms with E-state index in [4.69, 9.17) is 43.4 Å². The number of fused-ring (bicyclic) bond motifs is 1. The van der Waals surface area contributed by atoms with E-state index in [1.54, 1.807) is 23.5 Å². The summed E-state index contributed by atoms with van der Waals surface area (Å²) < 4.78 is 23.6. The second-order valence-electron chi connectivity index (χ2n) is 10.1. The Morgan fingerprint density at radius 1 is 0.763 bits per heavy atom. The van der Waals surface area contributed by atoms with Gasteiger partial charge in [-0.3, -0.25) is 0 Å². The van der Waals surface area contributed by atoms with E-state index in [1.165, 1.54) is 12.8 Å². The molecule has 0 bridgehead atoms. The molecular formula is C30H40O4S4. The monoisotopic (exact) mass is 592 g/mol. The Bertz CT molecular complexity index is 912. The zero-order valence-electron chi connectivity index (χ0n) is 22.0. The number of thiocarbonyl (C=S) groups is 2. The summed E-state index contributed by atoms with van der Waals surface area (Å²) in [5.74, 6) is 4.67. The van der Waals surface area contributed by atoms with E-state index in [1.807, 2.05) is 0 Å². The van der Waals surface area contributed by atoms with Crippen molar-refractivity contribution in [2.75, 3.05) is 37.9 Å². The summed E-state index contributed by atoms with van der Waals surface area (Å²) >= 11 is 13.3. The first-order valence-electron chi connectivity index (χ1n) is 13.8. The molecule has 2 heterocycles. The molecule has 4 rings (SSSR count). The van der Waals surface area contributed by atoms with E-state index in [0.29, 0.717) is 52.9 Å². The van der Waals surface area contributed by atoms with Gasteiger partial charge < -0.3 is 18.9 Å². The predicted molar refractivity (Wildman–Crippen MR) is 169 cm³/mol. The van der Waals surface area contributed by atoms with Crippen LogP contribution in [0.3, 0.4) is 0 Å². The number of thioether (sulfide) groups is 2. The molecule has 0 spiro atoms. The zero-order valence-corrected chi connectivity index (χ0v) is 25.3. The fraction of sp³-hybridized carbons (Fsp3) is 0.600. The molecule has 6 unspecified atom stereocenters. The lowest BCUT2D eigenvalue weighted by atomic mass is 9.89. The SMILES string of the molecule is S=C1OC(COC/C=C/CC/C=C/C2CC(/C=C/CC/C=C/COCC3CSC(=S)O3)C3CC=CC23)CS1. The molecule has 208 valence electrons. The van der Waals surface area contributed by atoms with Crippen LogP contribution < -0.4 is 0 Å². The van der Waals surface area contributed by atoms with E-state index in [0.717, 1.165) is 43.1 Å². The van der Waals surface area contributed by atoms with E-state index < -0.39 is 0 Å². The quantitative estimate of drug-likeness (QED) is 0.104. The molecule has 0 aromatic carbocycles. The van der Waals surface area contributed by atoms with Gasteiger partial charge in [-0.05, 0) is 86.6 Å². The lowest BCUT2D eigenvalue weighted by Crippen LogP contribution is -2.17. The molecule has 8 heteroatoms. The Morgan fingerprint density at radius 2 is 1.32 bits per heavy atom. The fourth-order valence-electron chi connectivity index (χ4n) is 5.42. The first-order chi connectivity index (χ1) is 18.7. The Balaban J connectivity index is 1.04. The summed E-state index contributed by atoms with van der Waals surface area (Å²) in [5, 5.41) is 0. The summed E-state index contributed by atoms with van der Waals surface area (Å²) in [6, 6.07) is 0. The lowest BCUT2D eigenvalue weighted by molar-refractivity contribution is 0.0778. The summed E-state index contributed by atoms with van der Waals surface area (Å²) in [4.78, 5) is 0. The van der Waals surface area contributed by atoms with Gasteiger partial charge >= 0.3 is 0 Å². The Hall–Kier alpha value is -0.900. The summed E-state index contributed by atoms with van der Waals surface area (Å²) in [6.45, 7) is 2.51. The van der Waals surface area contributed by atoms with Crippen LogP contribution in [0.4, 0.5) is 0 Å². The van der Waals surface area contributed by atoms with E-state index in [2.05, 4.69) is 60.8 Å². The van der Waals surface area contributed by atoms with E-state index in [-0.39, 0.29) is 12.2 Å². The Morgan fingerprint density at radius 3 is 1.87 bits per heavy atom. The van der Waals surface area contributed by atoms with Crippen LogP contribution in [0.25, 0.3) is 0 Å². The highest BCUT2D eigenvalue weighted by molar-refractivity contribution is 8.23. The van der Waals surface area contributed by atoms with Gasteiger partial charge in [0.15, 0.2) is 0 Å². The minimum absolute atomic E-state index is 0.117. The maximum Gasteiger partial charge on any atom is 0.220 e. The van der Waals surface area contributed by atoms with Crippen molar-refractivity contribution in [2.24, 2.45) is 23.7 Å². The van der Waals surface area contributed by atoms with Crippen LogP contribution in [0.5, 0.6) is 0 Å². The molecule has 0 aromatic rings. The topological polar surface area (TPSA) is 36.9 Å². The van der Waals surface area contributed by atoms with Gasteiger partial charge in [-0.2, -0.15) is 0 Å². The van der Waals surface area contributed by atoms with Crippen LogP contribution in [0, 0.1) is 23.7 Å². The van der Waals surface area contributed by atoms with E-state index >= 15 is 0 Å². The van der Waals surface area contributed by atoms with Gasteiger partial charge in [0.05, 0.1) is 26.4 Å². The molecule has 1 saturated carbocycles. The number of hydrogen-bond donors (Lipinski definition) is 0. The molecule has 38 heavy (non-hydrogen) atoms. The van der Waals surface area contributed by atoms with Gasteiger partial charge in [0.1, 0.15) is 12.2 Å². The van der Waals surface area contributed by atoms with Crippen molar-refractivity contribution in [1.82, 2.24) is 0 Å². The summed E-state index contributed by atoms with van der Waals surface area (Å²) in [7, 11) is 0. The molecule has 2 aliphatic heterocycles. The highest BCUT2D eigenvalue weighted by atomic mass is 32.2. The number of unbranched alkanes of at least 4 members (excludes halogenated alkanes) is 2. The van der Waals surface area contributed by atoms with Gasteiger partial charge in [0.2, 0.25) is 8.77 Å². The minimum Gasteiger partial charge on any atom is -0.472 e. The van der Waals surface area contributed by atoms with Crippen molar-refractivity contribution in [3.8, 4) is 0 Å². The van der Waals surface area contributed by atoms with Crippen LogP contribution in [0.15, 0.2) is 60.8 Å². The third-order valence-electron chi connectivity index (χ3n) is 7.29. The number of hydrogen-bond acceptors (Lipinski definition) is 8. The van der Waals surface area contributed by atoms with Crippen molar-refractivity contribution < 1.29 is 18.9 Å². The zero-order chi connectivity index (χ0) is 26.4. The molecule has 0 aromatic heterocycles. The first kappa shape index (κ1) is 30.1. The standard InChI is InChI=1S/C30H40O4S4/c35-29-33-25(21-37-29)19-31-16-9-5-1-3-7-12-23-18-24(28-15-11-14-27(23)28)13-8-4-2-6-10-17-32-20-26-22-38-30(36)34-26/h5-14,23-28H,1-4,15-22H2/b9-5+,10-6+,12-7+,13-8+. The normalized spacial score (nSPS) is 31.1. The van der Waals surface area contributed by atoms with Crippen molar-refractivity contribution in [2.45, 2.75) is 50.7 Å². The van der Waals surface area contributed by atoms with Crippen LogP contribution in [0.1, 0.15) is 38.5 Å². The smallest absolute Gasteiger partial charge is 0.220 e. The maximum atomic E-state index is 5.67. The molecular weight excluding hydrogens is 553 g/mol. The van der Waals surface area contributed by atoms with Crippen LogP contribution >= 0.6 is 48.0 Å². The molecule has 2 saturated heterocycles. The fourth-order valence-corrected chi connectivity index (χ4v) is 7.48. The average molecular weight is 593 g/mol. The second kappa shape index (κ2) is 17.0. The second-order valence-corrected chi connectivity index (χ2v) is 13.3. The van der Waals surface area contributed by atoms with Gasteiger partial charge in [0, 0.05) is 11.5 Å². The third kappa shape index (κ3) is 10.3. The summed E-state index contributed by atoms with van der Waals surface area (Å²) in [6.07, 6.45) is 30.3. The van der Waals surface area contributed by atoms with Crippen molar-refractivity contribution >= 4 is 56.7 Å². The van der Waals surface area contributed by atoms with E-state index in [9.17, 15) is 0 Å². The molecule has 0 radical (unpaired) electrons. The number of ether oxygens (including phenoxy) is 4. The average Bonchev–Trinajstić information content (AvgIpc) is 3.69. The highest BCUT2D eigenvalue weighted by Gasteiger charge is 2.40. The first-order valence-corrected chi connectivity index (χ1v) is 16.6. The molecule has 4 nitrogen and oxygen atoms in total. The van der Waals surface area contributed by atoms with Gasteiger partial charge in [0.25, 0.3) is 0 Å². The minimum atomic E-state index is 0.117. The van der Waals surface area contributed by atoms with Gasteiger partial charge in [-0.15, -0.1) is 0 Å². The molecule has 0 N–H and O–H groups in total. The molecule has 0 amide bonds. The van der Waals surface area contributed by atoms with Crippen LogP contribution in [-0.4, -0.2) is 58.9 Å². The van der Waals surface area contributed by atoms with Crippen molar-refractivity contribution in [1.29, 1.82) is 0 Å². The van der Waals surface area contributed by atoms with Crippen LogP contribution in [-0.2, 0) is 18.9 Å². The number of rotatable bonds is 16. The molecule has 2 aliphatic carbocycles. The third-order valence-corrected chi connectivity index (χ3v) is 9.93.